The molecule has 0 aromatic heterocycles. The van der Waals surface area contributed by atoms with E-state index in [4.69, 9.17) is 4.74 Å². The van der Waals surface area contributed by atoms with E-state index in [1.54, 1.807) is 6.92 Å². The number of carbonyl (C=O) groups is 2. The molecule has 0 bridgehead atoms. The summed E-state index contributed by atoms with van der Waals surface area (Å²) >= 11 is 0. The van der Waals surface area contributed by atoms with Gasteiger partial charge in [-0.25, -0.2) is 4.79 Å². The molecule has 0 spiro atoms. The van der Waals surface area contributed by atoms with Gasteiger partial charge in [0.2, 0.25) is 0 Å². The van der Waals surface area contributed by atoms with E-state index in [9.17, 15) is 9.59 Å². The number of benzene rings is 1. The summed E-state index contributed by atoms with van der Waals surface area (Å²) in [4.78, 5) is 23.6. The van der Waals surface area contributed by atoms with Gasteiger partial charge < -0.3 is 4.74 Å². The minimum Gasteiger partial charge on any atom is -0.456 e. The molecule has 1 atom stereocenters. The number of carbonyl (C=O) groups excluding carboxylic acids is 2. The first-order valence-electron chi connectivity index (χ1n) is 7.85. The lowest BCUT2D eigenvalue weighted by molar-refractivity contribution is -0.136. The summed E-state index contributed by atoms with van der Waals surface area (Å²) in [7, 11) is 0. The molecule has 1 aromatic carbocycles. The number of esters is 1. The van der Waals surface area contributed by atoms with E-state index >= 15 is 0 Å². The Labute approximate surface area is 132 Å². The zero-order valence-electron chi connectivity index (χ0n) is 13.3. The molecule has 0 amide bonds. The summed E-state index contributed by atoms with van der Waals surface area (Å²) < 4.78 is 4.74. The van der Waals surface area contributed by atoms with Crippen LogP contribution in [0.4, 0.5) is 0 Å². The maximum atomic E-state index is 12.5. The van der Waals surface area contributed by atoms with Gasteiger partial charge in [0.1, 0.15) is 0 Å². The SMILES string of the molecule is CCOC(=O)C#CCCCCC1(C)Cc2ccccc2C1=O. The molecule has 0 radical (unpaired) electrons. The van der Waals surface area contributed by atoms with Crippen LogP contribution in [0.5, 0.6) is 0 Å². The summed E-state index contributed by atoms with van der Waals surface area (Å²) in [6.07, 6.45) is 4.19. The maximum absolute atomic E-state index is 12.5. The molecular weight excluding hydrogens is 276 g/mol. The van der Waals surface area contributed by atoms with Crippen molar-refractivity contribution < 1.29 is 14.3 Å². The number of fused-ring (bicyclic) bond motifs is 1. The van der Waals surface area contributed by atoms with Gasteiger partial charge >= 0.3 is 5.97 Å². The van der Waals surface area contributed by atoms with Crippen molar-refractivity contribution >= 4 is 11.8 Å². The van der Waals surface area contributed by atoms with Gasteiger partial charge in [-0.15, -0.1) is 0 Å². The molecule has 1 aliphatic rings. The molecule has 0 aliphatic heterocycles. The van der Waals surface area contributed by atoms with E-state index in [0.29, 0.717) is 13.0 Å². The number of hydrogen-bond donors (Lipinski definition) is 0. The van der Waals surface area contributed by atoms with Crippen LogP contribution in [0.2, 0.25) is 0 Å². The molecule has 3 heteroatoms. The molecule has 1 aliphatic carbocycles. The van der Waals surface area contributed by atoms with Gasteiger partial charge in [0.05, 0.1) is 6.61 Å². The second kappa shape index (κ2) is 7.26. The molecule has 1 unspecified atom stereocenters. The van der Waals surface area contributed by atoms with Crippen molar-refractivity contribution in [3.63, 3.8) is 0 Å². The van der Waals surface area contributed by atoms with Crippen LogP contribution in [0.3, 0.4) is 0 Å². The molecule has 0 heterocycles. The summed E-state index contributed by atoms with van der Waals surface area (Å²) in [5, 5.41) is 0. The molecule has 0 fully saturated rings. The number of unbranched alkanes of at least 4 members (excludes halogenated alkanes) is 2. The second-order valence-electron chi connectivity index (χ2n) is 5.95. The van der Waals surface area contributed by atoms with Crippen LogP contribution in [0, 0.1) is 17.3 Å². The first kappa shape index (κ1) is 16.3. The van der Waals surface area contributed by atoms with Crippen LogP contribution < -0.4 is 0 Å². The van der Waals surface area contributed by atoms with Crippen molar-refractivity contribution in [1.82, 2.24) is 0 Å². The van der Waals surface area contributed by atoms with E-state index < -0.39 is 5.97 Å². The van der Waals surface area contributed by atoms with Crippen molar-refractivity contribution in [2.24, 2.45) is 5.41 Å². The lowest BCUT2D eigenvalue weighted by Gasteiger charge is -2.21. The molecule has 0 saturated carbocycles. The molecule has 116 valence electrons. The van der Waals surface area contributed by atoms with Crippen molar-refractivity contribution in [2.45, 2.75) is 46.0 Å². The number of rotatable bonds is 5. The third-order valence-electron chi connectivity index (χ3n) is 4.14. The lowest BCUT2D eigenvalue weighted by atomic mass is 9.81. The Morgan fingerprint density at radius 3 is 2.82 bits per heavy atom. The minimum atomic E-state index is -0.462. The van der Waals surface area contributed by atoms with Gasteiger partial charge in [-0.1, -0.05) is 43.5 Å². The Bertz CT molecular complexity index is 621. The highest BCUT2D eigenvalue weighted by molar-refractivity contribution is 6.04. The largest absolute Gasteiger partial charge is 0.456 e. The van der Waals surface area contributed by atoms with E-state index in [2.05, 4.69) is 18.8 Å². The van der Waals surface area contributed by atoms with Gasteiger partial charge in [0.15, 0.2) is 5.78 Å². The topological polar surface area (TPSA) is 43.4 Å². The van der Waals surface area contributed by atoms with Crippen LogP contribution in [-0.2, 0) is 16.0 Å². The summed E-state index contributed by atoms with van der Waals surface area (Å²) in [5.41, 5.74) is 1.77. The molecule has 22 heavy (non-hydrogen) atoms. The standard InChI is InChI=1S/C19H22O3/c1-3-22-17(20)12-6-4-5-9-13-19(2)14-15-10-7-8-11-16(15)18(19)21/h7-8,10-11H,3-5,9,13-14H2,1-2H3. The molecule has 0 N–H and O–H groups in total. The van der Waals surface area contributed by atoms with Gasteiger partial charge in [0.25, 0.3) is 0 Å². The maximum Gasteiger partial charge on any atom is 0.384 e. The fraction of sp³-hybridized carbons (Fsp3) is 0.474. The highest BCUT2D eigenvalue weighted by Crippen LogP contribution is 2.40. The monoisotopic (exact) mass is 298 g/mol. The van der Waals surface area contributed by atoms with Crippen molar-refractivity contribution in [2.75, 3.05) is 6.61 Å². The number of ketones is 1. The molecule has 1 aromatic rings. The normalized spacial score (nSPS) is 19.3. The molecule has 3 nitrogen and oxygen atoms in total. The summed E-state index contributed by atoms with van der Waals surface area (Å²) in [5.74, 6) is 5.10. The Hall–Kier alpha value is -2.08. The van der Waals surface area contributed by atoms with Crippen LogP contribution in [0.15, 0.2) is 24.3 Å². The van der Waals surface area contributed by atoms with Crippen LogP contribution in [0.25, 0.3) is 0 Å². The van der Waals surface area contributed by atoms with Crippen LogP contribution in [-0.4, -0.2) is 18.4 Å². The van der Waals surface area contributed by atoms with Crippen LogP contribution in [0.1, 0.15) is 55.5 Å². The molecule has 0 saturated heterocycles. The van der Waals surface area contributed by atoms with E-state index in [-0.39, 0.29) is 11.2 Å². The Balaban J connectivity index is 1.79. The Kier molecular flexibility index (Phi) is 5.38. The number of hydrogen-bond acceptors (Lipinski definition) is 3. The van der Waals surface area contributed by atoms with Crippen molar-refractivity contribution in [1.29, 1.82) is 0 Å². The summed E-state index contributed by atoms with van der Waals surface area (Å²) in [6, 6.07) is 7.88. The van der Waals surface area contributed by atoms with Gasteiger partial charge in [-0.05, 0) is 31.7 Å². The lowest BCUT2D eigenvalue weighted by Crippen LogP contribution is -2.23. The Morgan fingerprint density at radius 1 is 1.32 bits per heavy atom. The zero-order valence-corrected chi connectivity index (χ0v) is 13.3. The first-order valence-corrected chi connectivity index (χ1v) is 7.85. The zero-order chi connectivity index (χ0) is 16.0. The number of Topliss-reactive ketones (excluding diaryl/α,β-unsaturated/α-hetero) is 1. The fourth-order valence-electron chi connectivity index (χ4n) is 2.95. The second-order valence-corrected chi connectivity index (χ2v) is 5.95. The average Bonchev–Trinajstić information content (AvgIpc) is 2.75. The van der Waals surface area contributed by atoms with E-state index in [1.807, 2.05) is 24.3 Å². The Morgan fingerprint density at radius 2 is 2.09 bits per heavy atom. The van der Waals surface area contributed by atoms with Crippen molar-refractivity contribution in [3.05, 3.63) is 35.4 Å². The predicted molar refractivity (Wildman–Crippen MR) is 85.5 cm³/mol. The van der Waals surface area contributed by atoms with Crippen LogP contribution >= 0.6 is 0 Å². The van der Waals surface area contributed by atoms with E-state index in [0.717, 1.165) is 36.8 Å². The van der Waals surface area contributed by atoms with Crippen molar-refractivity contribution in [3.8, 4) is 11.8 Å². The summed E-state index contributed by atoms with van der Waals surface area (Å²) in [6.45, 7) is 4.17. The fourth-order valence-corrected chi connectivity index (χ4v) is 2.95. The molecular formula is C19H22O3. The first-order chi connectivity index (χ1) is 10.6. The average molecular weight is 298 g/mol. The third kappa shape index (κ3) is 3.76. The molecule has 2 rings (SSSR count). The predicted octanol–water partition coefficient (Wildman–Crippen LogP) is 3.56. The smallest absolute Gasteiger partial charge is 0.384 e. The van der Waals surface area contributed by atoms with E-state index in [1.165, 1.54) is 0 Å². The van der Waals surface area contributed by atoms with Gasteiger partial charge in [-0.3, -0.25) is 4.79 Å². The quantitative estimate of drug-likeness (QED) is 0.361. The van der Waals surface area contributed by atoms with Gasteiger partial charge in [-0.2, -0.15) is 0 Å². The van der Waals surface area contributed by atoms with Gasteiger partial charge in [0, 0.05) is 23.3 Å². The third-order valence-corrected chi connectivity index (χ3v) is 4.14. The minimum absolute atomic E-state index is 0.265. The number of ether oxygens (including phenoxy) is 1. The highest BCUT2D eigenvalue weighted by Gasteiger charge is 2.40. The highest BCUT2D eigenvalue weighted by atomic mass is 16.5.